The average molecular weight is 228 g/mol. The fourth-order valence-corrected chi connectivity index (χ4v) is 2.32. The summed E-state index contributed by atoms with van der Waals surface area (Å²) in [6.07, 6.45) is 4.76. The Morgan fingerprint density at radius 2 is 2.31 bits per heavy atom. The Morgan fingerprint density at radius 1 is 1.56 bits per heavy atom. The maximum atomic E-state index is 11.9. The Kier molecular flexibility index (Phi) is 5.77. The van der Waals surface area contributed by atoms with E-state index in [0.29, 0.717) is 6.61 Å². The van der Waals surface area contributed by atoms with Crippen molar-refractivity contribution in [2.75, 3.05) is 13.7 Å². The molecule has 4 heteroatoms. The van der Waals surface area contributed by atoms with Gasteiger partial charge in [-0.25, -0.2) is 0 Å². The average Bonchev–Trinajstić information content (AvgIpc) is 2.65. The van der Waals surface area contributed by atoms with Crippen molar-refractivity contribution in [2.24, 2.45) is 11.7 Å². The molecular weight excluding hydrogens is 204 g/mol. The van der Waals surface area contributed by atoms with Crippen molar-refractivity contribution in [3.8, 4) is 0 Å². The lowest BCUT2D eigenvalue weighted by atomic mass is 10.1. The van der Waals surface area contributed by atoms with Gasteiger partial charge >= 0.3 is 0 Å². The van der Waals surface area contributed by atoms with Crippen LogP contribution < -0.4 is 11.1 Å². The van der Waals surface area contributed by atoms with E-state index >= 15 is 0 Å². The molecule has 1 fully saturated rings. The number of nitrogens with one attached hydrogen (secondary N) is 1. The molecule has 94 valence electrons. The van der Waals surface area contributed by atoms with E-state index < -0.39 is 0 Å². The molecule has 4 nitrogen and oxygen atoms in total. The number of hydrogen-bond acceptors (Lipinski definition) is 3. The molecule has 0 saturated heterocycles. The maximum Gasteiger partial charge on any atom is 0.223 e. The molecule has 0 spiro atoms. The molecule has 0 aliphatic heterocycles. The van der Waals surface area contributed by atoms with Crippen LogP contribution in [0.15, 0.2) is 0 Å². The first-order valence-corrected chi connectivity index (χ1v) is 6.22. The molecular formula is C12H24N2O2. The van der Waals surface area contributed by atoms with Gasteiger partial charge in [0.05, 0.1) is 12.6 Å². The first-order chi connectivity index (χ1) is 7.67. The molecule has 3 unspecified atom stereocenters. The number of nitrogens with two attached hydrogens (primary N) is 1. The molecule has 1 aliphatic carbocycles. The highest BCUT2D eigenvalue weighted by atomic mass is 16.5. The molecule has 1 saturated carbocycles. The van der Waals surface area contributed by atoms with Gasteiger partial charge in [-0.05, 0) is 25.7 Å². The molecule has 3 N–H and O–H groups in total. The summed E-state index contributed by atoms with van der Waals surface area (Å²) < 4.78 is 5.10. The standard InChI is InChI=1S/C12H24N2O2/c1-3-4-11(8-16-2)14-12(15)9-5-6-10(13)7-9/h9-11H,3-8,13H2,1-2H3,(H,14,15). The summed E-state index contributed by atoms with van der Waals surface area (Å²) in [6, 6.07) is 0.363. The van der Waals surface area contributed by atoms with Gasteiger partial charge in [-0.1, -0.05) is 13.3 Å². The van der Waals surface area contributed by atoms with Crippen molar-refractivity contribution < 1.29 is 9.53 Å². The Hall–Kier alpha value is -0.610. The van der Waals surface area contributed by atoms with Crippen LogP contribution in [-0.4, -0.2) is 31.7 Å². The van der Waals surface area contributed by atoms with Gasteiger partial charge in [0, 0.05) is 19.1 Å². The lowest BCUT2D eigenvalue weighted by Gasteiger charge is -2.19. The van der Waals surface area contributed by atoms with Crippen LogP contribution in [0.1, 0.15) is 39.0 Å². The largest absolute Gasteiger partial charge is 0.383 e. The van der Waals surface area contributed by atoms with E-state index in [1.54, 1.807) is 7.11 Å². The van der Waals surface area contributed by atoms with Gasteiger partial charge in [0.2, 0.25) is 5.91 Å². The highest BCUT2D eigenvalue weighted by Gasteiger charge is 2.28. The Labute approximate surface area is 97.9 Å². The number of hydrogen-bond donors (Lipinski definition) is 2. The molecule has 1 rings (SSSR count). The second-order valence-corrected chi connectivity index (χ2v) is 4.72. The fourth-order valence-electron chi connectivity index (χ4n) is 2.32. The number of rotatable bonds is 6. The summed E-state index contributed by atoms with van der Waals surface area (Å²) in [4.78, 5) is 11.9. The Bertz CT molecular complexity index is 215. The first kappa shape index (κ1) is 13.5. The summed E-state index contributed by atoms with van der Waals surface area (Å²) in [5, 5.41) is 3.06. The third kappa shape index (κ3) is 4.10. The number of carbonyl (C=O) groups is 1. The summed E-state index contributed by atoms with van der Waals surface area (Å²) >= 11 is 0. The van der Waals surface area contributed by atoms with E-state index in [1.165, 1.54) is 0 Å². The highest BCUT2D eigenvalue weighted by molar-refractivity contribution is 5.79. The molecule has 0 aromatic carbocycles. The topological polar surface area (TPSA) is 64.3 Å². The second-order valence-electron chi connectivity index (χ2n) is 4.72. The monoisotopic (exact) mass is 228 g/mol. The molecule has 0 heterocycles. The van der Waals surface area contributed by atoms with Crippen LogP contribution in [0.2, 0.25) is 0 Å². The lowest BCUT2D eigenvalue weighted by molar-refractivity contribution is -0.126. The maximum absolute atomic E-state index is 11.9. The SMILES string of the molecule is CCCC(COC)NC(=O)C1CCC(N)C1. The van der Waals surface area contributed by atoms with E-state index in [1.807, 2.05) is 0 Å². The molecule has 0 bridgehead atoms. The molecule has 3 atom stereocenters. The minimum Gasteiger partial charge on any atom is -0.383 e. The van der Waals surface area contributed by atoms with Crippen LogP contribution in [0.3, 0.4) is 0 Å². The van der Waals surface area contributed by atoms with Crippen LogP contribution in [0, 0.1) is 5.92 Å². The van der Waals surface area contributed by atoms with Crippen molar-refractivity contribution in [1.82, 2.24) is 5.32 Å². The summed E-state index contributed by atoms with van der Waals surface area (Å²) in [5.41, 5.74) is 5.81. The third-order valence-electron chi connectivity index (χ3n) is 3.20. The Morgan fingerprint density at radius 3 is 2.81 bits per heavy atom. The summed E-state index contributed by atoms with van der Waals surface area (Å²) in [6.45, 7) is 2.71. The van der Waals surface area contributed by atoms with Crippen LogP contribution >= 0.6 is 0 Å². The Balaban J connectivity index is 2.35. The van der Waals surface area contributed by atoms with Crippen molar-refractivity contribution >= 4 is 5.91 Å². The van der Waals surface area contributed by atoms with Gasteiger partial charge < -0.3 is 15.8 Å². The number of amides is 1. The fraction of sp³-hybridized carbons (Fsp3) is 0.917. The van der Waals surface area contributed by atoms with Gasteiger partial charge in [-0.15, -0.1) is 0 Å². The number of methoxy groups -OCH3 is 1. The predicted molar refractivity (Wildman–Crippen MR) is 64.0 cm³/mol. The predicted octanol–water partition coefficient (Wildman–Crippen LogP) is 1.05. The van der Waals surface area contributed by atoms with Crippen LogP contribution in [0.5, 0.6) is 0 Å². The van der Waals surface area contributed by atoms with E-state index in [4.69, 9.17) is 10.5 Å². The van der Waals surface area contributed by atoms with Gasteiger partial charge in [0.25, 0.3) is 0 Å². The van der Waals surface area contributed by atoms with E-state index in [0.717, 1.165) is 32.1 Å². The molecule has 0 aromatic rings. The number of carbonyl (C=O) groups excluding carboxylic acids is 1. The molecule has 0 radical (unpaired) electrons. The second kappa shape index (κ2) is 6.86. The van der Waals surface area contributed by atoms with Crippen LogP contribution in [0.25, 0.3) is 0 Å². The van der Waals surface area contributed by atoms with E-state index in [9.17, 15) is 4.79 Å². The van der Waals surface area contributed by atoms with E-state index in [2.05, 4.69) is 12.2 Å². The summed E-state index contributed by atoms with van der Waals surface area (Å²) in [7, 11) is 1.67. The smallest absolute Gasteiger partial charge is 0.223 e. The lowest BCUT2D eigenvalue weighted by Crippen LogP contribution is -2.41. The first-order valence-electron chi connectivity index (χ1n) is 6.22. The third-order valence-corrected chi connectivity index (χ3v) is 3.20. The minimum atomic E-state index is 0.117. The van der Waals surface area contributed by atoms with Crippen LogP contribution in [-0.2, 0) is 9.53 Å². The minimum absolute atomic E-state index is 0.117. The zero-order valence-electron chi connectivity index (χ0n) is 10.4. The quantitative estimate of drug-likeness (QED) is 0.714. The zero-order valence-corrected chi connectivity index (χ0v) is 10.4. The zero-order chi connectivity index (χ0) is 12.0. The van der Waals surface area contributed by atoms with Crippen molar-refractivity contribution in [2.45, 2.75) is 51.1 Å². The van der Waals surface area contributed by atoms with Crippen LogP contribution in [0.4, 0.5) is 0 Å². The number of ether oxygens (including phenoxy) is 1. The van der Waals surface area contributed by atoms with Crippen molar-refractivity contribution in [1.29, 1.82) is 0 Å². The summed E-state index contributed by atoms with van der Waals surface area (Å²) in [5.74, 6) is 0.273. The molecule has 1 amide bonds. The van der Waals surface area contributed by atoms with Gasteiger partial charge in [0.1, 0.15) is 0 Å². The highest BCUT2D eigenvalue weighted by Crippen LogP contribution is 2.24. The van der Waals surface area contributed by atoms with Gasteiger partial charge in [-0.2, -0.15) is 0 Å². The molecule has 0 aromatic heterocycles. The molecule has 16 heavy (non-hydrogen) atoms. The van der Waals surface area contributed by atoms with Gasteiger partial charge in [-0.3, -0.25) is 4.79 Å². The van der Waals surface area contributed by atoms with Crippen molar-refractivity contribution in [3.63, 3.8) is 0 Å². The normalized spacial score (nSPS) is 26.7. The molecule has 1 aliphatic rings. The van der Waals surface area contributed by atoms with Gasteiger partial charge in [0.15, 0.2) is 0 Å². The van der Waals surface area contributed by atoms with E-state index in [-0.39, 0.29) is 23.9 Å². The van der Waals surface area contributed by atoms with Crippen molar-refractivity contribution in [3.05, 3.63) is 0 Å².